The van der Waals surface area contributed by atoms with E-state index in [1.165, 1.54) is 11.3 Å². The molecule has 1 amide bonds. The van der Waals surface area contributed by atoms with Gasteiger partial charge in [-0.1, -0.05) is 0 Å². The van der Waals surface area contributed by atoms with E-state index < -0.39 is 5.97 Å². The largest absolute Gasteiger partial charge is 0.454 e. The molecule has 0 atom stereocenters. The van der Waals surface area contributed by atoms with Crippen LogP contribution in [-0.4, -0.2) is 61.7 Å². The van der Waals surface area contributed by atoms with Crippen LogP contribution in [-0.2, 0) is 20.7 Å². The Bertz CT molecular complexity index is 841. The molecule has 0 spiro atoms. The molecule has 148 valence electrons. The number of thioether (sulfide) groups is 1. The summed E-state index contributed by atoms with van der Waals surface area (Å²) in [5.74, 6) is -0.770. The molecule has 8 heteroatoms. The third kappa shape index (κ3) is 5.43. The number of hydrogen-bond acceptors (Lipinski definition) is 7. The van der Waals surface area contributed by atoms with Gasteiger partial charge in [0.05, 0.1) is 30.1 Å². The normalized spacial score (nSPS) is 14.0. The molecule has 0 saturated carbocycles. The van der Waals surface area contributed by atoms with Crippen molar-refractivity contribution in [1.82, 2.24) is 4.90 Å². The zero-order chi connectivity index (χ0) is 19.9. The van der Waals surface area contributed by atoms with Gasteiger partial charge in [0.2, 0.25) is 11.7 Å². The third-order valence-corrected chi connectivity index (χ3v) is 6.16. The van der Waals surface area contributed by atoms with Crippen LogP contribution in [0.25, 0.3) is 0 Å². The molecular formula is C20H21NO5S2. The first-order valence-corrected chi connectivity index (χ1v) is 10.9. The van der Waals surface area contributed by atoms with E-state index in [-0.39, 0.29) is 24.7 Å². The average molecular weight is 420 g/mol. The second-order valence-electron chi connectivity index (χ2n) is 6.16. The molecule has 2 heterocycles. The summed E-state index contributed by atoms with van der Waals surface area (Å²) in [4.78, 5) is 40.8. The first kappa shape index (κ1) is 20.6. The van der Waals surface area contributed by atoms with Gasteiger partial charge in [-0.15, -0.1) is 23.1 Å². The summed E-state index contributed by atoms with van der Waals surface area (Å²) in [7, 11) is 0. The molecule has 2 aromatic rings. The standard InChI is InChI=1S/C20H21NO5S2/c1-27-15-4-2-14(3-5-15)20(24)26-13-17(22)18-7-6-16(28-18)12-19(23)21-8-10-25-11-9-21/h2-7H,8-13H2,1H3. The number of amides is 1. The van der Waals surface area contributed by atoms with E-state index in [0.717, 1.165) is 9.77 Å². The molecule has 3 rings (SSSR count). The minimum Gasteiger partial charge on any atom is -0.454 e. The fourth-order valence-electron chi connectivity index (χ4n) is 2.71. The lowest BCUT2D eigenvalue weighted by Gasteiger charge is -2.26. The maximum atomic E-state index is 12.3. The highest BCUT2D eigenvalue weighted by molar-refractivity contribution is 7.98. The number of rotatable bonds is 7. The highest BCUT2D eigenvalue weighted by atomic mass is 32.2. The number of morpholine rings is 1. The molecule has 1 aliphatic heterocycles. The summed E-state index contributed by atoms with van der Waals surface area (Å²) in [6.07, 6.45) is 2.22. The van der Waals surface area contributed by atoms with Gasteiger partial charge in [-0.2, -0.15) is 0 Å². The van der Waals surface area contributed by atoms with E-state index in [0.29, 0.717) is 36.7 Å². The topological polar surface area (TPSA) is 72.9 Å². The molecule has 1 aliphatic rings. The number of esters is 1. The molecule has 1 fully saturated rings. The van der Waals surface area contributed by atoms with E-state index in [1.807, 2.05) is 18.4 Å². The molecule has 0 N–H and O–H groups in total. The van der Waals surface area contributed by atoms with Gasteiger partial charge in [0.1, 0.15) is 0 Å². The highest BCUT2D eigenvalue weighted by Gasteiger charge is 2.19. The number of ether oxygens (including phenoxy) is 2. The number of hydrogen-bond donors (Lipinski definition) is 0. The van der Waals surface area contributed by atoms with E-state index in [1.54, 1.807) is 40.9 Å². The Morgan fingerprint density at radius 2 is 1.82 bits per heavy atom. The van der Waals surface area contributed by atoms with E-state index in [4.69, 9.17) is 9.47 Å². The Labute approximate surface area is 171 Å². The molecule has 6 nitrogen and oxygen atoms in total. The van der Waals surface area contributed by atoms with Gasteiger partial charge in [0.15, 0.2) is 6.61 Å². The van der Waals surface area contributed by atoms with Crippen LogP contribution in [0.5, 0.6) is 0 Å². The molecular weight excluding hydrogens is 398 g/mol. The van der Waals surface area contributed by atoms with Gasteiger partial charge in [-0.05, 0) is 42.7 Å². The van der Waals surface area contributed by atoms with Gasteiger partial charge >= 0.3 is 5.97 Å². The average Bonchev–Trinajstić information content (AvgIpc) is 3.21. The van der Waals surface area contributed by atoms with Crippen molar-refractivity contribution < 1.29 is 23.9 Å². The summed E-state index contributed by atoms with van der Waals surface area (Å²) in [6, 6.07) is 10.5. The monoisotopic (exact) mass is 419 g/mol. The SMILES string of the molecule is CSc1ccc(C(=O)OCC(=O)c2ccc(CC(=O)N3CCOCC3)s2)cc1. The molecule has 0 unspecified atom stereocenters. The van der Waals surface area contributed by atoms with Crippen molar-refractivity contribution in [1.29, 1.82) is 0 Å². The zero-order valence-corrected chi connectivity index (χ0v) is 17.1. The Morgan fingerprint density at radius 1 is 1.11 bits per heavy atom. The summed E-state index contributed by atoms with van der Waals surface area (Å²) >= 11 is 2.85. The Hall–Kier alpha value is -2.16. The van der Waals surface area contributed by atoms with Crippen molar-refractivity contribution in [3.05, 3.63) is 51.7 Å². The molecule has 28 heavy (non-hydrogen) atoms. The van der Waals surface area contributed by atoms with E-state index >= 15 is 0 Å². The van der Waals surface area contributed by atoms with Crippen LogP contribution in [0.3, 0.4) is 0 Å². The van der Waals surface area contributed by atoms with Crippen LogP contribution in [0, 0.1) is 0 Å². The van der Waals surface area contributed by atoms with E-state index in [9.17, 15) is 14.4 Å². The minimum atomic E-state index is -0.528. The summed E-state index contributed by atoms with van der Waals surface area (Å²) < 4.78 is 10.4. The number of carbonyl (C=O) groups is 3. The second-order valence-corrected chi connectivity index (χ2v) is 8.21. The molecule has 0 aliphatic carbocycles. The Kier molecular flexibility index (Phi) is 7.24. The van der Waals surface area contributed by atoms with Gasteiger partial charge < -0.3 is 14.4 Å². The summed E-state index contributed by atoms with van der Waals surface area (Å²) in [5.41, 5.74) is 0.411. The summed E-state index contributed by atoms with van der Waals surface area (Å²) in [6.45, 7) is 2.00. The van der Waals surface area contributed by atoms with Crippen molar-refractivity contribution in [3.63, 3.8) is 0 Å². The third-order valence-electron chi connectivity index (χ3n) is 4.29. The number of Topliss-reactive ketones (excluding diaryl/α,β-unsaturated/α-hetero) is 1. The number of nitrogens with zero attached hydrogens (tertiary/aromatic N) is 1. The molecule has 1 saturated heterocycles. The van der Waals surface area contributed by atoms with Gasteiger partial charge in [0.25, 0.3) is 0 Å². The predicted octanol–water partition coefficient (Wildman–Crippen LogP) is 2.91. The fraction of sp³-hybridized carbons (Fsp3) is 0.350. The molecule has 0 radical (unpaired) electrons. The van der Waals surface area contributed by atoms with Gasteiger partial charge in [-0.25, -0.2) is 4.79 Å². The number of carbonyl (C=O) groups excluding carboxylic acids is 3. The maximum Gasteiger partial charge on any atom is 0.338 e. The Morgan fingerprint density at radius 3 is 2.50 bits per heavy atom. The van der Waals surface area contributed by atoms with E-state index in [2.05, 4.69) is 0 Å². The van der Waals surface area contributed by atoms with Crippen molar-refractivity contribution in [2.75, 3.05) is 39.2 Å². The van der Waals surface area contributed by atoms with Crippen molar-refractivity contribution in [2.45, 2.75) is 11.3 Å². The van der Waals surface area contributed by atoms with Crippen LogP contribution in [0.15, 0.2) is 41.3 Å². The predicted molar refractivity (Wildman–Crippen MR) is 108 cm³/mol. The number of benzene rings is 1. The molecule has 1 aromatic heterocycles. The van der Waals surface area contributed by atoms with Crippen LogP contribution in [0.1, 0.15) is 24.9 Å². The van der Waals surface area contributed by atoms with Gasteiger partial charge in [-0.3, -0.25) is 9.59 Å². The number of ketones is 1. The first-order valence-electron chi connectivity index (χ1n) is 8.85. The van der Waals surface area contributed by atoms with Crippen LogP contribution >= 0.6 is 23.1 Å². The van der Waals surface area contributed by atoms with Crippen molar-refractivity contribution in [3.8, 4) is 0 Å². The van der Waals surface area contributed by atoms with Crippen LogP contribution < -0.4 is 0 Å². The van der Waals surface area contributed by atoms with Crippen molar-refractivity contribution in [2.24, 2.45) is 0 Å². The lowest BCUT2D eigenvalue weighted by molar-refractivity contribution is -0.134. The first-order chi connectivity index (χ1) is 13.6. The lowest BCUT2D eigenvalue weighted by atomic mass is 10.2. The lowest BCUT2D eigenvalue weighted by Crippen LogP contribution is -2.41. The highest BCUT2D eigenvalue weighted by Crippen LogP contribution is 2.19. The smallest absolute Gasteiger partial charge is 0.338 e. The fourth-order valence-corrected chi connectivity index (χ4v) is 4.04. The maximum absolute atomic E-state index is 12.3. The Balaban J connectivity index is 1.50. The summed E-state index contributed by atoms with van der Waals surface area (Å²) in [5, 5.41) is 0. The van der Waals surface area contributed by atoms with Crippen LogP contribution in [0.4, 0.5) is 0 Å². The van der Waals surface area contributed by atoms with Crippen LogP contribution in [0.2, 0.25) is 0 Å². The van der Waals surface area contributed by atoms with Crippen molar-refractivity contribution >= 4 is 40.8 Å². The minimum absolute atomic E-state index is 0.0317. The number of thiophene rings is 1. The zero-order valence-electron chi connectivity index (χ0n) is 15.5. The van der Waals surface area contributed by atoms with Gasteiger partial charge in [0, 0.05) is 22.9 Å². The molecule has 1 aromatic carbocycles. The quantitative estimate of drug-likeness (QED) is 0.390. The second kappa shape index (κ2) is 9.86. The molecule has 0 bridgehead atoms.